The highest BCUT2D eigenvalue weighted by atomic mass is 35.5. The van der Waals surface area contributed by atoms with E-state index >= 15 is 0 Å². The fourth-order valence-corrected chi connectivity index (χ4v) is 3.68. The Morgan fingerprint density at radius 1 is 0.889 bits per heavy atom. The lowest BCUT2D eigenvalue weighted by atomic mass is 10.0. The van der Waals surface area contributed by atoms with Gasteiger partial charge in [0, 0.05) is 23.8 Å². The molecular formula is C22H32ClNO3. The summed E-state index contributed by atoms with van der Waals surface area (Å²) in [7, 11) is 3.25. The molecule has 0 aliphatic heterocycles. The fraction of sp³-hybridized carbons (Fsp3) is 0.591. The predicted octanol–water partition coefficient (Wildman–Crippen LogP) is 5.95. The second-order valence-electron chi connectivity index (χ2n) is 6.95. The topological polar surface area (TPSA) is 51.6 Å². The maximum atomic E-state index is 8.76. The first-order valence-electron chi connectivity index (χ1n) is 10.0. The number of aromatic nitrogens is 1. The van der Waals surface area contributed by atoms with Gasteiger partial charge in [-0.05, 0) is 31.4 Å². The van der Waals surface area contributed by atoms with Crippen molar-refractivity contribution in [3.8, 4) is 11.5 Å². The summed E-state index contributed by atoms with van der Waals surface area (Å²) < 4.78 is 10.9. The molecule has 0 unspecified atom stereocenters. The third kappa shape index (κ3) is 6.54. The van der Waals surface area contributed by atoms with Crippen molar-refractivity contribution in [1.82, 2.24) is 4.98 Å². The van der Waals surface area contributed by atoms with E-state index in [2.05, 4.69) is 6.07 Å². The Morgan fingerprint density at radius 2 is 1.52 bits per heavy atom. The Morgan fingerprint density at radius 3 is 2.11 bits per heavy atom. The summed E-state index contributed by atoms with van der Waals surface area (Å²) in [5.74, 6) is 1.32. The number of hydrogen-bond donors (Lipinski definition) is 1. The summed E-state index contributed by atoms with van der Waals surface area (Å²) in [6.45, 7) is 0.328. The largest absolute Gasteiger partial charge is 0.494 e. The minimum absolute atomic E-state index is 0.328. The van der Waals surface area contributed by atoms with Crippen LogP contribution in [0.4, 0.5) is 0 Å². The number of hydrogen-bond acceptors (Lipinski definition) is 4. The highest BCUT2D eigenvalue weighted by Crippen LogP contribution is 2.38. The number of halogens is 1. The second-order valence-corrected chi connectivity index (χ2v) is 7.36. The summed E-state index contributed by atoms with van der Waals surface area (Å²) in [5, 5.41) is 10.2. The molecule has 0 amide bonds. The Kier molecular flexibility index (Phi) is 9.71. The monoisotopic (exact) mass is 393 g/mol. The van der Waals surface area contributed by atoms with E-state index in [-0.39, 0.29) is 0 Å². The summed E-state index contributed by atoms with van der Waals surface area (Å²) in [6, 6.07) is 5.85. The van der Waals surface area contributed by atoms with Crippen LogP contribution in [-0.2, 0) is 6.42 Å². The molecule has 150 valence electrons. The Labute approximate surface area is 167 Å². The van der Waals surface area contributed by atoms with Gasteiger partial charge in [0.1, 0.15) is 17.0 Å². The average molecular weight is 394 g/mol. The average Bonchev–Trinajstić information content (AvgIpc) is 2.69. The molecule has 1 aromatic carbocycles. The van der Waals surface area contributed by atoms with Gasteiger partial charge in [-0.15, -0.1) is 0 Å². The number of rotatable bonds is 13. The Balaban J connectivity index is 1.81. The number of aliphatic hydroxyl groups excluding tert-OH is 1. The highest BCUT2D eigenvalue weighted by Gasteiger charge is 2.14. The SMILES string of the molecule is COc1c(Cl)cc(OC)c2nc(CCCCCCCCCCCO)ccc12. The summed E-state index contributed by atoms with van der Waals surface area (Å²) in [5.41, 5.74) is 1.88. The maximum absolute atomic E-state index is 8.76. The van der Waals surface area contributed by atoms with Crippen LogP contribution < -0.4 is 9.47 Å². The lowest BCUT2D eigenvalue weighted by molar-refractivity contribution is 0.282. The fourth-order valence-electron chi connectivity index (χ4n) is 3.41. The quantitative estimate of drug-likeness (QED) is 0.427. The molecule has 1 N–H and O–H groups in total. The number of aliphatic hydroxyl groups is 1. The third-order valence-corrected chi connectivity index (χ3v) is 5.20. The predicted molar refractivity (Wildman–Crippen MR) is 112 cm³/mol. The smallest absolute Gasteiger partial charge is 0.147 e. The van der Waals surface area contributed by atoms with Crippen molar-refractivity contribution in [2.24, 2.45) is 0 Å². The third-order valence-electron chi connectivity index (χ3n) is 4.92. The van der Waals surface area contributed by atoms with Gasteiger partial charge in [0.05, 0.1) is 19.2 Å². The van der Waals surface area contributed by atoms with Gasteiger partial charge in [-0.25, -0.2) is 4.98 Å². The van der Waals surface area contributed by atoms with Crippen LogP contribution >= 0.6 is 11.6 Å². The van der Waals surface area contributed by atoms with E-state index in [1.165, 1.54) is 38.5 Å². The van der Waals surface area contributed by atoms with E-state index in [9.17, 15) is 0 Å². The molecule has 1 heterocycles. The standard InChI is InChI=1S/C22H32ClNO3/c1-26-20-16-19(23)22(27-2)18-14-13-17(24-21(18)20)12-10-8-6-4-3-5-7-9-11-15-25/h13-14,16,25H,3-12,15H2,1-2H3. The van der Waals surface area contributed by atoms with Crippen molar-refractivity contribution in [2.45, 2.75) is 64.2 Å². The van der Waals surface area contributed by atoms with Crippen molar-refractivity contribution in [3.05, 3.63) is 28.9 Å². The van der Waals surface area contributed by atoms with E-state index in [1.54, 1.807) is 20.3 Å². The number of ether oxygens (including phenoxy) is 2. The number of unbranched alkanes of at least 4 members (excludes halogenated alkanes) is 8. The van der Waals surface area contributed by atoms with E-state index in [1.807, 2.05) is 6.07 Å². The summed E-state index contributed by atoms with van der Waals surface area (Å²) in [6.07, 6.45) is 11.9. The maximum Gasteiger partial charge on any atom is 0.147 e. The van der Waals surface area contributed by atoms with Gasteiger partial charge in [-0.2, -0.15) is 0 Å². The van der Waals surface area contributed by atoms with Gasteiger partial charge in [0.2, 0.25) is 0 Å². The molecule has 5 heteroatoms. The van der Waals surface area contributed by atoms with Crippen molar-refractivity contribution in [3.63, 3.8) is 0 Å². The van der Waals surface area contributed by atoms with Gasteiger partial charge in [0.25, 0.3) is 0 Å². The Hall–Kier alpha value is -1.52. The van der Waals surface area contributed by atoms with Gasteiger partial charge >= 0.3 is 0 Å². The number of nitrogens with zero attached hydrogens (tertiary/aromatic N) is 1. The van der Waals surface area contributed by atoms with Crippen LogP contribution in [-0.4, -0.2) is 30.9 Å². The number of fused-ring (bicyclic) bond motifs is 1. The summed E-state index contributed by atoms with van der Waals surface area (Å²) in [4.78, 5) is 4.79. The Bertz CT molecular complexity index is 706. The first-order valence-corrected chi connectivity index (χ1v) is 10.4. The first kappa shape index (κ1) is 21.8. The van der Waals surface area contributed by atoms with Crippen molar-refractivity contribution < 1.29 is 14.6 Å². The normalized spacial score (nSPS) is 11.1. The minimum Gasteiger partial charge on any atom is -0.494 e. The lowest BCUT2D eigenvalue weighted by Gasteiger charge is -2.12. The zero-order valence-electron chi connectivity index (χ0n) is 16.6. The van der Waals surface area contributed by atoms with Crippen molar-refractivity contribution in [2.75, 3.05) is 20.8 Å². The van der Waals surface area contributed by atoms with Crippen LogP contribution in [0.3, 0.4) is 0 Å². The number of methoxy groups -OCH3 is 2. The zero-order valence-corrected chi connectivity index (χ0v) is 17.4. The lowest BCUT2D eigenvalue weighted by Crippen LogP contribution is -1.96. The molecule has 0 spiro atoms. The molecule has 0 saturated heterocycles. The molecule has 0 radical (unpaired) electrons. The van der Waals surface area contributed by atoms with Gasteiger partial charge < -0.3 is 14.6 Å². The van der Waals surface area contributed by atoms with Gasteiger partial charge in [-0.3, -0.25) is 0 Å². The molecule has 0 aliphatic carbocycles. The molecule has 0 atom stereocenters. The molecule has 0 aliphatic rings. The van der Waals surface area contributed by atoms with Crippen LogP contribution in [0, 0.1) is 0 Å². The van der Waals surface area contributed by atoms with Crippen LogP contribution in [0.15, 0.2) is 18.2 Å². The van der Waals surface area contributed by atoms with Crippen molar-refractivity contribution >= 4 is 22.5 Å². The first-order chi connectivity index (χ1) is 13.2. The van der Waals surface area contributed by atoms with E-state index in [0.717, 1.165) is 42.3 Å². The highest BCUT2D eigenvalue weighted by molar-refractivity contribution is 6.33. The zero-order chi connectivity index (χ0) is 19.5. The van der Waals surface area contributed by atoms with Gasteiger partial charge in [0.15, 0.2) is 0 Å². The molecule has 27 heavy (non-hydrogen) atoms. The molecule has 1 aromatic heterocycles. The van der Waals surface area contributed by atoms with Gasteiger partial charge in [-0.1, -0.05) is 56.5 Å². The van der Waals surface area contributed by atoms with Crippen LogP contribution in [0.5, 0.6) is 11.5 Å². The molecule has 2 aromatic rings. The number of aryl methyl sites for hydroxylation is 1. The molecule has 0 saturated carbocycles. The summed E-state index contributed by atoms with van der Waals surface area (Å²) >= 11 is 6.26. The molecular weight excluding hydrogens is 362 g/mol. The van der Waals surface area contributed by atoms with E-state index < -0.39 is 0 Å². The molecule has 2 rings (SSSR count). The van der Waals surface area contributed by atoms with E-state index in [4.69, 9.17) is 31.2 Å². The molecule has 0 bridgehead atoms. The van der Waals surface area contributed by atoms with Crippen LogP contribution in [0.2, 0.25) is 5.02 Å². The number of benzene rings is 1. The van der Waals surface area contributed by atoms with Crippen molar-refractivity contribution in [1.29, 1.82) is 0 Å². The van der Waals surface area contributed by atoms with Crippen LogP contribution in [0.25, 0.3) is 10.9 Å². The number of pyridine rings is 1. The van der Waals surface area contributed by atoms with E-state index in [0.29, 0.717) is 23.1 Å². The second kappa shape index (κ2) is 12.0. The minimum atomic E-state index is 0.328. The van der Waals surface area contributed by atoms with Crippen LogP contribution in [0.1, 0.15) is 63.5 Å². The molecule has 0 fully saturated rings. The molecule has 4 nitrogen and oxygen atoms in total.